The van der Waals surface area contributed by atoms with Gasteiger partial charge < -0.3 is 4.90 Å². The van der Waals surface area contributed by atoms with Gasteiger partial charge in [-0.2, -0.15) is 0 Å². The van der Waals surface area contributed by atoms with Gasteiger partial charge in [0.05, 0.1) is 0 Å². The maximum Gasteiger partial charge on any atom is 0.316 e. The summed E-state index contributed by atoms with van der Waals surface area (Å²) in [7, 11) is 2.07. The topological polar surface area (TPSA) is 23.6 Å². The number of carbonyl (C=O) groups excluding carboxylic acids is 1. The number of piperazine rings is 1. The second kappa shape index (κ2) is 3.62. The third-order valence-corrected chi connectivity index (χ3v) is 2.85. The average Bonchev–Trinajstić information content (AvgIpc) is 1.99. The summed E-state index contributed by atoms with van der Waals surface area (Å²) in [5.41, 5.74) is 0. The fraction of sp³-hybridized carbons (Fsp3) is 0.875. The summed E-state index contributed by atoms with van der Waals surface area (Å²) >= 11 is 5.40. The van der Waals surface area contributed by atoms with Gasteiger partial charge in [0.15, 0.2) is 0 Å². The molecule has 0 unspecified atom stereocenters. The normalized spacial score (nSPS) is 32.2. The van der Waals surface area contributed by atoms with Crippen LogP contribution in [-0.4, -0.2) is 47.4 Å². The molecule has 1 amide bonds. The number of hydrogen-bond donors (Lipinski definition) is 0. The Hall–Kier alpha value is -0.280. The van der Waals surface area contributed by atoms with Crippen molar-refractivity contribution in [1.29, 1.82) is 0 Å². The highest BCUT2D eigenvalue weighted by Crippen LogP contribution is 2.14. The Morgan fingerprint density at radius 2 is 1.75 bits per heavy atom. The summed E-state index contributed by atoms with van der Waals surface area (Å²) in [6.07, 6.45) is 0. The molecule has 1 aliphatic heterocycles. The van der Waals surface area contributed by atoms with Crippen molar-refractivity contribution in [1.82, 2.24) is 9.80 Å². The maximum absolute atomic E-state index is 10.9. The SMILES string of the molecule is C[C@@H]1CN(C(=O)Cl)C[C@H](C)N1C. The zero-order valence-electron chi connectivity index (χ0n) is 7.75. The molecule has 3 nitrogen and oxygen atoms in total. The zero-order valence-corrected chi connectivity index (χ0v) is 8.51. The number of likely N-dealkylation sites (N-methyl/N-ethyl adjacent to an activating group) is 1. The van der Waals surface area contributed by atoms with Crippen LogP contribution in [0, 0.1) is 0 Å². The van der Waals surface area contributed by atoms with Crippen LogP contribution in [0.4, 0.5) is 4.79 Å². The molecule has 4 heteroatoms. The highest BCUT2D eigenvalue weighted by atomic mass is 35.5. The van der Waals surface area contributed by atoms with E-state index in [1.165, 1.54) is 0 Å². The van der Waals surface area contributed by atoms with Gasteiger partial charge in [0.1, 0.15) is 0 Å². The van der Waals surface area contributed by atoms with Crippen LogP contribution in [0.15, 0.2) is 0 Å². The molecule has 70 valence electrons. The standard InChI is InChI=1S/C8H15ClN2O/c1-6-4-11(8(9)12)5-7(2)10(6)3/h6-7H,4-5H2,1-3H3/t6-,7+. The molecule has 1 aliphatic rings. The van der Waals surface area contributed by atoms with E-state index >= 15 is 0 Å². The molecular formula is C8H15ClN2O. The van der Waals surface area contributed by atoms with Gasteiger partial charge in [-0.25, -0.2) is 0 Å². The van der Waals surface area contributed by atoms with Crippen molar-refractivity contribution in [3.63, 3.8) is 0 Å². The van der Waals surface area contributed by atoms with Gasteiger partial charge in [-0.3, -0.25) is 9.69 Å². The molecule has 1 rings (SSSR count). The summed E-state index contributed by atoms with van der Waals surface area (Å²) < 4.78 is 0. The van der Waals surface area contributed by atoms with E-state index in [-0.39, 0.29) is 5.37 Å². The average molecular weight is 191 g/mol. The van der Waals surface area contributed by atoms with Crippen LogP contribution in [0.25, 0.3) is 0 Å². The summed E-state index contributed by atoms with van der Waals surface area (Å²) in [6.45, 7) is 5.68. The molecule has 0 radical (unpaired) electrons. The first-order chi connectivity index (χ1) is 5.52. The van der Waals surface area contributed by atoms with Gasteiger partial charge in [-0.05, 0) is 32.5 Å². The minimum absolute atomic E-state index is 0.332. The third-order valence-electron chi connectivity index (χ3n) is 2.61. The number of halogens is 1. The fourth-order valence-electron chi connectivity index (χ4n) is 1.55. The van der Waals surface area contributed by atoms with Crippen LogP contribution in [-0.2, 0) is 0 Å². The first kappa shape index (κ1) is 9.81. The molecule has 0 aliphatic carbocycles. The van der Waals surface area contributed by atoms with Crippen LogP contribution in [0.5, 0.6) is 0 Å². The second-order valence-corrected chi connectivity index (χ2v) is 3.84. The highest BCUT2D eigenvalue weighted by Gasteiger charge is 2.28. The van der Waals surface area contributed by atoms with E-state index < -0.39 is 0 Å². The lowest BCUT2D eigenvalue weighted by molar-refractivity contribution is 0.0851. The minimum atomic E-state index is -0.332. The quantitative estimate of drug-likeness (QED) is 0.426. The summed E-state index contributed by atoms with van der Waals surface area (Å²) in [6, 6.07) is 0.799. The number of carbonyl (C=O) groups is 1. The predicted octanol–water partition coefficient (Wildman–Crippen LogP) is 1.37. The van der Waals surface area contributed by atoms with Crippen LogP contribution in [0.1, 0.15) is 13.8 Å². The van der Waals surface area contributed by atoms with E-state index in [2.05, 4.69) is 25.8 Å². The van der Waals surface area contributed by atoms with Crippen molar-refractivity contribution in [2.75, 3.05) is 20.1 Å². The molecule has 1 heterocycles. The van der Waals surface area contributed by atoms with Gasteiger partial charge in [0.25, 0.3) is 0 Å². The van der Waals surface area contributed by atoms with Crippen molar-refractivity contribution in [2.45, 2.75) is 25.9 Å². The number of hydrogen-bond acceptors (Lipinski definition) is 2. The number of nitrogens with zero attached hydrogens (tertiary/aromatic N) is 2. The Balaban J connectivity index is 2.59. The lowest BCUT2D eigenvalue weighted by Crippen LogP contribution is -2.55. The molecular weight excluding hydrogens is 176 g/mol. The number of rotatable bonds is 0. The summed E-state index contributed by atoms with van der Waals surface area (Å²) in [5.74, 6) is 0. The zero-order chi connectivity index (χ0) is 9.30. The van der Waals surface area contributed by atoms with E-state index in [4.69, 9.17) is 11.6 Å². The maximum atomic E-state index is 10.9. The van der Waals surface area contributed by atoms with Crippen LogP contribution in [0.3, 0.4) is 0 Å². The molecule has 2 atom stereocenters. The van der Waals surface area contributed by atoms with Gasteiger partial charge >= 0.3 is 5.37 Å². The van der Waals surface area contributed by atoms with Crippen LogP contribution in [0.2, 0.25) is 0 Å². The third kappa shape index (κ3) is 1.90. The molecule has 1 saturated heterocycles. The monoisotopic (exact) mass is 190 g/mol. The molecule has 0 spiro atoms. The Labute approximate surface area is 78.3 Å². The van der Waals surface area contributed by atoms with Crippen molar-refractivity contribution in [3.05, 3.63) is 0 Å². The van der Waals surface area contributed by atoms with E-state index in [1.54, 1.807) is 4.90 Å². The number of amides is 1. The van der Waals surface area contributed by atoms with Gasteiger partial charge in [0, 0.05) is 25.2 Å². The summed E-state index contributed by atoms with van der Waals surface area (Å²) in [4.78, 5) is 14.8. The van der Waals surface area contributed by atoms with E-state index in [0.29, 0.717) is 12.1 Å². The molecule has 0 N–H and O–H groups in total. The molecule has 0 aromatic rings. The Kier molecular flexibility index (Phi) is 2.96. The van der Waals surface area contributed by atoms with E-state index in [1.807, 2.05) is 0 Å². The molecule has 1 fully saturated rings. The van der Waals surface area contributed by atoms with Crippen molar-refractivity contribution >= 4 is 17.0 Å². The second-order valence-electron chi connectivity index (χ2n) is 3.52. The molecule has 0 aromatic heterocycles. The molecule has 0 saturated carbocycles. The highest BCUT2D eigenvalue weighted by molar-refractivity contribution is 6.62. The lowest BCUT2D eigenvalue weighted by Gasteiger charge is -2.41. The summed E-state index contributed by atoms with van der Waals surface area (Å²) in [5, 5.41) is -0.332. The first-order valence-electron chi connectivity index (χ1n) is 4.18. The minimum Gasteiger partial charge on any atom is -0.326 e. The van der Waals surface area contributed by atoms with Crippen LogP contribution < -0.4 is 0 Å². The van der Waals surface area contributed by atoms with E-state index in [9.17, 15) is 4.79 Å². The molecule has 0 bridgehead atoms. The van der Waals surface area contributed by atoms with Crippen molar-refractivity contribution in [2.24, 2.45) is 0 Å². The Bertz CT molecular complexity index is 174. The van der Waals surface area contributed by atoms with E-state index in [0.717, 1.165) is 13.1 Å². The first-order valence-corrected chi connectivity index (χ1v) is 4.56. The Morgan fingerprint density at radius 1 is 1.33 bits per heavy atom. The van der Waals surface area contributed by atoms with Gasteiger partial charge in [-0.15, -0.1) is 0 Å². The molecule has 0 aromatic carbocycles. The van der Waals surface area contributed by atoms with Crippen LogP contribution >= 0.6 is 11.6 Å². The fourth-order valence-corrected chi connectivity index (χ4v) is 1.69. The Morgan fingerprint density at radius 3 is 2.08 bits per heavy atom. The van der Waals surface area contributed by atoms with Crippen molar-refractivity contribution < 1.29 is 4.79 Å². The van der Waals surface area contributed by atoms with Gasteiger partial charge in [-0.1, -0.05) is 0 Å². The van der Waals surface area contributed by atoms with Gasteiger partial charge in [0.2, 0.25) is 0 Å². The lowest BCUT2D eigenvalue weighted by atomic mass is 10.1. The predicted molar refractivity (Wildman–Crippen MR) is 49.5 cm³/mol. The smallest absolute Gasteiger partial charge is 0.316 e. The largest absolute Gasteiger partial charge is 0.326 e. The van der Waals surface area contributed by atoms with Crippen molar-refractivity contribution in [3.8, 4) is 0 Å². The molecule has 12 heavy (non-hydrogen) atoms.